The summed E-state index contributed by atoms with van der Waals surface area (Å²) in [6, 6.07) is 11.4. The van der Waals surface area contributed by atoms with Crippen molar-refractivity contribution in [1.82, 2.24) is 10.6 Å². The molecule has 1 aromatic heterocycles. The average Bonchev–Trinajstić information content (AvgIpc) is 3.20. The molecule has 0 aliphatic heterocycles. The molecule has 0 bridgehead atoms. The van der Waals surface area contributed by atoms with Gasteiger partial charge in [0.1, 0.15) is 18.5 Å². The van der Waals surface area contributed by atoms with Crippen LogP contribution >= 0.6 is 0 Å². The van der Waals surface area contributed by atoms with Gasteiger partial charge in [-0.2, -0.15) is 0 Å². The van der Waals surface area contributed by atoms with Crippen molar-refractivity contribution in [1.29, 1.82) is 0 Å². The Labute approximate surface area is 160 Å². The van der Waals surface area contributed by atoms with Crippen LogP contribution in [-0.4, -0.2) is 45.9 Å². The molecule has 7 heteroatoms. The van der Waals surface area contributed by atoms with Crippen LogP contribution in [0.5, 0.6) is 11.5 Å². The van der Waals surface area contributed by atoms with Crippen molar-refractivity contribution in [2.24, 2.45) is 4.99 Å². The van der Waals surface area contributed by atoms with E-state index in [0.717, 1.165) is 36.2 Å². The largest absolute Gasteiger partial charge is 0.493 e. The zero-order valence-corrected chi connectivity index (χ0v) is 16.2. The number of hydrogen-bond acceptors (Lipinski definition) is 5. The number of aliphatic imine (C=N–C) groups is 1. The van der Waals surface area contributed by atoms with E-state index in [1.54, 1.807) is 20.4 Å². The van der Waals surface area contributed by atoms with Gasteiger partial charge in [-0.25, -0.2) is 0 Å². The number of nitrogens with one attached hydrogen (secondary N) is 2. The molecule has 0 radical (unpaired) electrons. The minimum Gasteiger partial charge on any atom is -0.493 e. The molecule has 148 valence electrons. The number of ether oxygens (including phenoxy) is 3. The van der Waals surface area contributed by atoms with Gasteiger partial charge >= 0.3 is 0 Å². The summed E-state index contributed by atoms with van der Waals surface area (Å²) in [6.45, 7) is 4.53. The maximum absolute atomic E-state index is 5.93. The highest BCUT2D eigenvalue weighted by Crippen LogP contribution is 2.26. The van der Waals surface area contributed by atoms with E-state index in [2.05, 4.69) is 15.6 Å². The Bertz CT molecular complexity index is 674. The van der Waals surface area contributed by atoms with E-state index in [-0.39, 0.29) is 6.10 Å². The molecule has 0 fully saturated rings. The van der Waals surface area contributed by atoms with Crippen LogP contribution in [0.4, 0.5) is 0 Å². The summed E-state index contributed by atoms with van der Waals surface area (Å²) in [4.78, 5) is 4.22. The highest BCUT2D eigenvalue weighted by atomic mass is 16.5. The molecule has 0 saturated heterocycles. The molecule has 0 saturated carbocycles. The molecule has 0 aliphatic rings. The first-order chi connectivity index (χ1) is 13.2. The maximum atomic E-state index is 5.93. The first-order valence-electron chi connectivity index (χ1n) is 9.07. The molecular weight excluding hydrogens is 346 g/mol. The Balaban J connectivity index is 1.60. The van der Waals surface area contributed by atoms with E-state index in [1.165, 1.54) is 0 Å². The summed E-state index contributed by atoms with van der Waals surface area (Å²) in [5.74, 6) is 3.02. The number of rotatable bonds is 11. The Kier molecular flexibility index (Phi) is 9.06. The molecule has 2 aromatic rings. The van der Waals surface area contributed by atoms with Crippen LogP contribution in [0.3, 0.4) is 0 Å². The van der Waals surface area contributed by atoms with Gasteiger partial charge in [-0.3, -0.25) is 4.99 Å². The molecule has 7 nitrogen and oxygen atoms in total. The van der Waals surface area contributed by atoms with Crippen molar-refractivity contribution in [2.75, 3.05) is 33.9 Å². The number of nitrogens with zero attached hydrogens (tertiary/aromatic N) is 1. The van der Waals surface area contributed by atoms with Gasteiger partial charge < -0.3 is 29.3 Å². The predicted molar refractivity (Wildman–Crippen MR) is 105 cm³/mol. The monoisotopic (exact) mass is 375 g/mol. The van der Waals surface area contributed by atoms with Crippen LogP contribution in [-0.2, 0) is 11.3 Å². The van der Waals surface area contributed by atoms with Gasteiger partial charge in [0.15, 0.2) is 17.5 Å². The van der Waals surface area contributed by atoms with Crippen molar-refractivity contribution in [3.63, 3.8) is 0 Å². The fourth-order valence-electron chi connectivity index (χ4n) is 2.38. The van der Waals surface area contributed by atoms with Gasteiger partial charge in [0, 0.05) is 20.2 Å². The Morgan fingerprint density at radius 2 is 1.96 bits per heavy atom. The van der Waals surface area contributed by atoms with Crippen molar-refractivity contribution >= 4 is 5.96 Å². The Morgan fingerprint density at radius 3 is 2.67 bits per heavy atom. The SMILES string of the molecule is CN=C(NCCCOCc1ccco1)NCC(C)Oc1ccccc1OC. The summed E-state index contributed by atoms with van der Waals surface area (Å²) >= 11 is 0. The van der Waals surface area contributed by atoms with Crippen molar-refractivity contribution < 1.29 is 18.6 Å². The smallest absolute Gasteiger partial charge is 0.191 e. The second-order valence-corrected chi connectivity index (χ2v) is 5.94. The van der Waals surface area contributed by atoms with E-state index in [1.807, 2.05) is 43.3 Å². The number of guanidine groups is 1. The number of benzene rings is 1. The van der Waals surface area contributed by atoms with E-state index >= 15 is 0 Å². The fraction of sp³-hybridized carbons (Fsp3) is 0.450. The highest BCUT2D eigenvalue weighted by Gasteiger charge is 2.09. The van der Waals surface area contributed by atoms with Gasteiger partial charge in [0.25, 0.3) is 0 Å². The normalized spacial score (nSPS) is 12.5. The van der Waals surface area contributed by atoms with Gasteiger partial charge in [-0.05, 0) is 37.6 Å². The highest BCUT2D eigenvalue weighted by molar-refractivity contribution is 5.79. The topological polar surface area (TPSA) is 77.3 Å². The molecule has 1 heterocycles. The molecule has 0 amide bonds. The number of para-hydroxylation sites is 2. The van der Waals surface area contributed by atoms with Gasteiger partial charge in [0.05, 0.1) is 19.9 Å². The second-order valence-electron chi connectivity index (χ2n) is 5.94. The first-order valence-corrected chi connectivity index (χ1v) is 9.07. The van der Waals surface area contributed by atoms with E-state index < -0.39 is 0 Å². The van der Waals surface area contributed by atoms with Gasteiger partial charge in [0.2, 0.25) is 0 Å². The van der Waals surface area contributed by atoms with Gasteiger partial charge in [-0.1, -0.05) is 12.1 Å². The van der Waals surface area contributed by atoms with Crippen molar-refractivity contribution in [3.05, 3.63) is 48.4 Å². The van der Waals surface area contributed by atoms with Crippen molar-refractivity contribution in [2.45, 2.75) is 26.1 Å². The number of furan rings is 1. The molecule has 0 aliphatic carbocycles. The molecule has 0 spiro atoms. The van der Waals surface area contributed by atoms with Crippen LogP contribution in [0.2, 0.25) is 0 Å². The lowest BCUT2D eigenvalue weighted by Gasteiger charge is -2.19. The lowest BCUT2D eigenvalue weighted by Crippen LogP contribution is -2.42. The molecule has 2 rings (SSSR count). The van der Waals surface area contributed by atoms with E-state index in [4.69, 9.17) is 18.6 Å². The molecule has 1 aromatic carbocycles. The summed E-state index contributed by atoms with van der Waals surface area (Å²) in [5, 5.41) is 6.52. The Morgan fingerprint density at radius 1 is 1.15 bits per heavy atom. The van der Waals surface area contributed by atoms with Crippen LogP contribution in [0.1, 0.15) is 19.1 Å². The second kappa shape index (κ2) is 11.9. The third kappa shape index (κ3) is 7.62. The molecule has 1 unspecified atom stereocenters. The van der Waals surface area contributed by atoms with Gasteiger partial charge in [-0.15, -0.1) is 0 Å². The zero-order valence-electron chi connectivity index (χ0n) is 16.2. The third-order valence-corrected chi connectivity index (χ3v) is 3.76. The number of methoxy groups -OCH3 is 1. The Hall–Kier alpha value is -2.67. The van der Waals surface area contributed by atoms with E-state index in [0.29, 0.717) is 19.8 Å². The predicted octanol–water partition coefficient (Wildman–Crippen LogP) is 2.83. The molecule has 2 N–H and O–H groups in total. The summed E-state index contributed by atoms with van der Waals surface area (Å²) in [5.41, 5.74) is 0. The lowest BCUT2D eigenvalue weighted by atomic mass is 10.3. The van der Waals surface area contributed by atoms with Crippen LogP contribution in [0.15, 0.2) is 52.1 Å². The van der Waals surface area contributed by atoms with E-state index in [9.17, 15) is 0 Å². The summed E-state index contributed by atoms with van der Waals surface area (Å²) in [7, 11) is 3.38. The third-order valence-electron chi connectivity index (χ3n) is 3.76. The minimum atomic E-state index is -0.0449. The van der Waals surface area contributed by atoms with Crippen LogP contribution in [0.25, 0.3) is 0 Å². The average molecular weight is 375 g/mol. The number of hydrogen-bond donors (Lipinski definition) is 2. The lowest BCUT2D eigenvalue weighted by molar-refractivity contribution is 0.105. The van der Waals surface area contributed by atoms with Crippen LogP contribution in [0, 0.1) is 0 Å². The quantitative estimate of drug-likeness (QED) is 0.357. The maximum Gasteiger partial charge on any atom is 0.191 e. The minimum absolute atomic E-state index is 0.0449. The van der Waals surface area contributed by atoms with Crippen LogP contribution < -0.4 is 20.1 Å². The molecule has 27 heavy (non-hydrogen) atoms. The zero-order chi connectivity index (χ0) is 19.3. The standard InChI is InChI=1S/C20H29N3O4/c1-16(27-19-10-5-4-9-18(19)24-3)14-23-20(21-2)22-11-7-12-25-15-17-8-6-13-26-17/h4-6,8-10,13,16H,7,11-12,14-15H2,1-3H3,(H2,21,22,23). The van der Waals surface area contributed by atoms with Crippen molar-refractivity contribution in [3.8, 4) is 11.5 Å². The summed E-state index contributed by atoms with van der Waals surface area (Å²) < 4.78 is 22.0. The molecular formula is C20H29N3O4. The molecule has 1 atom stereocenters. The fourth-order valence-corrected chi connectivity index (χ4v) is 2.38. The first kappa shape index (κ1) is 20.6. The summed E-state index contributed by atoms with van der Waals surface area (Å²) in [6.07, 6.45) is 2.47.